The van der Waals surface area contributed by atoms with Crippen molar-refractivity contribution in [3.63, 3.8) is 0 Å². The molecule has 0 aliphatic heterocycles. The minimum atomic E-state index is 0.964. The third kappa shape index (κ3) is 4.86. The van der Waals surface area contributed by atoms with E-state index in [1.165, 1.54) is 9.78 Å². The van der Waals surface area contributed by atoms with E-state index in [1.807, 2.05) is 13.1 Å². The van der Waals surface area contributed by atoms with Crippen LogP contribution in [-0.2, 0) is 0 Å². The van der Waals surface area contributed by atoms with Crippen molar-refractivity contribution < 1.29 is 0 Å². The van der Waals surface area contributed by atoms with Gasteiger partial charge in [0, 0.05) is 11.4 Å². The summed E-state index contributed by atoms with van der Waals surface area (Å²) < 4.78 is 1.23. The van der Waals surface area contributed by atoms with Gasteiger partial charge in [0.15, 0.2) is 5.13 Å². The fraction of sp³-hybridized carbons (Fsp3) is 0.417. The third-order valence-corrected chi connectivity index (χ3v) is 4.10. The molecule has 0 radical (unpaired) electrons. The van der Waals surface area contributed by atoms with Gasteiger partial charge in [-0.3, -0.25) is 0 Å². The summed E-state index contributed by atoms with van der Waals surface area (Å²) in [6.07, 6.45) is 5.11. The van der Waals surface area contributed by atoms with Crippen molar-refractivity contribution in [1.29, 1.82) is 0 Å². The number of aromatic nitrogens is 1. The molecule has 0 saturated heterocycles. The highest BCUT2D eigenvalue weighted by Crippen LogP contribution is 2.29. The molecule has 0 atom stereocenters. The van der Waals surface area contributed by atoms with Crippen molar-refractivity contribution in [2.45, 2.75) is 31.4 Å². The maximum atomic E-state index is 4.33. The maximum Gasteiger partial charge on any atom is 0.187 e. The summed E-state index contributed by atoms with van der Waals surface area (Å²) in [7, 11) is 0. The average Bonchev–Trinajstić information content (AvgIpc) is 2.63. The number of hydrogen-bond acceptors (Lipinski definition) is 4. The van der Waals surface area contributed by atoms with Crippen LogP contribution in [0.2, 0.25) is 0 Å². The molecule has 0 bridgehead atoms. The third-order valence-electron chi connectivity index (χ3n) is 1.76. The number of hydrogen-bond donors (Lipinski definition) is 1. The summed E-state index contributed by atoms with van der Waals surface area (Å²) in [6, 6.07) is 0. The summed E-state index contributed by atoms with van der Waals surface area (Å²) in [4.78, 5) is 4.33. The van der Waals surface area contributed by atoms with E-state index in [1.54, 1.807) is 23.1 Å². The lowest BCUT2D eigenvalue weighted by molar-refractivity contribution is 1.17. The van der Waals surface area contributed by atoms with Gasteiger partial charge < -0.3 is 5.32 Å². The minimum Gasteiger partial charge on any atom is -0.336 e. The van der Waals surface area contributed by atoms with Gasteiger partial charge in [-0.05, 0) is 20.3 Å². The number of thiazole rings is 1. The van der Waals surface area contributed by atoms with Gasteiger partial charge in [0.25, 0.3) is 0 Å². The Morgan fingerprint density at radius 3 is 3.00 bits per heavy atom. The molecule has 1 aromatic rings. The molecular formula is C12H18N2S2. The summed E-state index contributed by atoms with van der Waals surface area (Å²) >= 11 is 3.47. The van der Waals surface area contributed by atoms with Crippen LogP contribution in [-0.4, -0.2) is 10.7 Å². The van der Waals surface area contributed by atoms with Crippen LogP contribution >= 0.6 is 23.1 Å². The topological polar surface area (TPSA) is 24.9 Å². The summed E-state index contributed by atoms with van der Waals surface area (Å²) in [5, 5.41) is 4.25. The maximum absolute atomic E-state index is 4.33. The van der Waals surface area contributed by atoms with E-state index >= 15 is 0 Å². The Morgan fingerprint density at radius 2 is 2.38 bits per heavy atom. The first-order valence-corrected chi connectivity index (χ1v) is 7.08. The van der Waals surface area contributed by atoms with E-state index in [2.05, 4.69) is 36.8 Å². The van der Waals surface area contributed by atoms with E-state index in [-0.39, 0.29) is 0 Å². The molecule has 88 valence electrons. The van der Waals surface area contributed by atoms with Crippen LogP contribution < -0.4 is 5.32 Å². The second-order valence-corrected chi connectivity index (χ2v) is 5.96. The number of thioether (sulfide) groups is 1. The second-order valence-electron chi connectivity index (χ2n) is 3.65. The van der Waals surface area contributed by atoms with Gasteiger partial charge >= 0.3 is 0 Å². The van der Waals surface area contributed by atoms with Crippen molar-refractivity contribution in [1.82, 2.24) is 4.98 Å². The molecule has 0 aliphatic rings. The summed E-state index contributed by atoms with van der Waals surface area (Å²) in [5.74, 6) is 0.964. The van der Waals surface area contributed by atoms with Gasteiger partial charge in [-0.1, -0.05) is 36.5 Å². The monoisotopic (exact) mass is 254 g/mol. The van der Waals surface area contributed by atoms with E-state index in [0.717, 1.165) is 23.0 Å². The fourth-order valence-corrected chi connectivity index (χ4v) is 2.88. The zero-order valence-corrected chi connectivity index (χ0v) is 11.7. The van der Waals surface area contributed by atoms with Crippen molar-refractivity contribution in [2.75, 3.05) is 11.1 Å². The molecule has 1 N–H and O–H groups in total. The highest BCUT2D eigenvalue weighted by atomic mass is 32.2. The lowest BCUT2D eigenvalue weighted by Crippen LogP contribution is -1.93. The van der Waals surface area contributed by atoms with Crippen molar-refractivity contribution in [3.05, 3.63) is 30.1 Å². The van der Waals surface area contributed by atoms with Gasteiger partial charge in [-0.2, -0.15) is 0 Å². The molecule has 0 spiro atoms. The van der Waals surface area contributed by atoms with Gasteiger partial charge in [0.05, 0.1) is 10.4 Å². The quantitative estimate of drug-likeness (QED) is 0.596. The van der Waals surface area contributed by atoms with E-state index in [4.69, 9.17) is 0 Å². The molecule has 0 saturated carbocycles. The van der Waals surface area contributed by atoms with Gasteiger partial charge in [0.1, 0.15) is 0 Å². The van der Waals surface area contributed by atoms with Gasteiger partial charge in [-0.25, -0.2) is 4.98 Å². The van der Waals surface area contributed by atoms with Crippen molar-refractivity contribution in [2.24, 2.45) is 0 Å². The molecule has 0 amide bonds. The molecule has 0 aromatic carbocycles. The number of nitrogens with one attached hydrogen (secondary N) is 1. The van der Waals surface area contributed by atoms with Gasteiger partial charge in [-0.15, -0.1) is 11.8 Å². The van der Waals surface area contributed by atoms with Crippen LogP contribution in [0.1, 0.15) is 27.2 Å². The zero-order chi connectivity index (χ0) is 12.0. The van der Waals surface area contributed by atoms with Crippen LogP contribution in [0.4, 0.5) is 5.13 Å². The first-order chi connectivity index (χ1) is 7.61. The Kier molecular flexibility index (Phi) is 5.63. The van der Waals surface area contributed by atoms with Crippen LogP contribution in [0.3, 0.4) is 0 Å². The van der Waals surface area contributed by atoms with E-state index < -0.39 is 0 Å². The molecule has 16 heavy (non-hydrogen) atoms. The molecule has 1 aromatic heterocycles. The predicted octanol–water partition coefficient (Wildman–Crippen LogP) is 4.54. The normalized spacial score (nSPS) is 11.6. The molecule has 1 rings (SSSR count). The Labute approximate surface area is 106 Å². The predicted molar refractivity (Wildman–Crippen MR) is 75.3 cm³/mol. The lowest BCUT2D eigenvalue weighted by atomic mass is 10.4. The zero-order valence-electron chi connectivity index (χ0n) is 10.0. The lowest BCUT2D eigenvalue weighted by Gasteiger charge is -2.00. The Balaban J connectivity index is 2.51. The largest absolute Gasteiger partial charge is 0.336 e. The molecule has 4 heteroatoms. The first kappa shape index (κ1) is 13.3. The number of anilines is 1. The van der Waals surface area contributed by atoms with Crippen LogP contribution in [0.15, 0.2) is 34.3 Å². The molecular weight excluding hydrogens is 236 g/mol. The minimum absolute atomic E-state index is 0.964. The Bertz CT molecular complexity index is 380. The fourth-order valence-electron chi connectivity index (χ4n) is 1.10. The molecule has 0 unspecified atom stereocenters. The number of rotatable bonds is 6. The summed E-state index contributed by atoms with van der Waals surface area (Å²) in [6.45, 7) is 10.1. The van der Waals surface area contributed by atoms with Crippen molar-refractivity contribution in [3.8, 4) is 0 Å². The van der Waals surface area contributed by atoms with Crippen molar-refractivity contribution >= 4 is 28.2 Å². The van der Waals surface area contributed by atoms with E-state index in [9.17, 15) is 0 Å². The standard InChI is InChI=1S/C12H18N2S2/c1-5-6-10(4)14-12-13-7-11(16-12)15-8-9(2)3/h6-7H,2,5,8H2,1,3-4H3,(H,13,14)/b10-6+. The molecule has 1 heterocycles. The van der Waals surface area contributed by atoms with Crippen LogP contribution in [0.5, 0.6) is 0 Å². The first-order valence-electron chi connectivity index (χ1n) is 5.28. The molecule has 0 aliphatic carbocycles. The summed E-state index contributed by atoms with van der Waals surface area (Å²) in [5.41, 5.74) is 2.35. The van der Waals surface area contributed by atoms with Crippen LogP contribution in [0, 0.1) is 0 Å². The van der Waals surface area contributed by atoms with Gasteiger partial charge in [0.2, 0.25) is 0 Å². The molecule has 2 nitrogen and oxygen atoms in total. The highest BCUT2D eigenvalue weighted by molar-refractivity contribution is 8.01. The second kappa shape index (κ2) is 6.76. The van der Waals surface area contributed by atoms with Crippen LogP contribution in [0.25, 0.3) is 0 Å². The smallest absolute Gasteiger partial charge is 0.187 e. The number of allylic oxidation sites excluding steroid dienone is 2. The van der Waals surface area contributed by atoms with E-state index in [0.29, 0.717) is 0 Å². The highest BCUT2D eigenvalue weighted by Gasteiger charge is 2.02. The number of nitrogens with zero attached hydrogens (tertiary/aromatic N) is 1. The Hall–Kier alpha value is -0.740. The average molecular weight is 254 g/mol. The molecule has 0 fully saturated rings. The Morgan fingerprint density at radius 1 is 1.62 bits per heavy atom. The SMILES string of the molecule is C=C(C)CSc1cnc(N/C(C)=C/CC)s1.